The second kappa shape index (κ2) is 5.96. The average Bonchev–Trinajstić information content (AvgIpc) is 2.91. The van der Waals surface area contributed by atoms with Gasteiger partial charge in [-0.2, -0.15) is 0 Å². The summed E-state index contributed by atoms with van der Waals surface area (Å²) in [6, 6.07) is 5.94. The van der Waals surface area contributed by atoms with Gasteiger partial charge in [0.05, 0.1) is 5.60 Å². The van der Waals surface area contributed by atoms with Gasteiger partial charge in [0.2, 0.25) is 0 Å². The zero-order chi connectivity index (χ0) is 14.8. The van der Waals surface area contributed by atoms with E-state index in [9.17, 15) is 9.90 Å². The monoisotopic (exact) mass is 275 g/mol. The van der Waals surface area contributed by atoms with Crippen molar-refractivity contribution in [3.8, 4) is 0 Å². The van der Waals surface area contributed by atoms with Crippen LogP contribution in [-0.4, -0.2) is 23.2 Å². The van der Waals surface area contributed by atoms with Crippen molar-refractivity contribution < 1.29 is 9.90 Å². The van der Waals surface area contributed by atoms with Gasteiger partial charge in [0.1, 0.15) is 0 Å². The van der Waals surface area contributed by atoms with Crippen LogP contribution in [0.2, 0.25) is 0 Å². The summed E-state index contributed by atoms with van der Waals surface area (Å²) in [6.45, 7) is 6.12. The topological polar surface area (TPSA) is 49.3 Å². The van der Waals surface area contributed by atoms with Crippen molar-refractivity contribution in [2.24, 2.45) is 5.92 Å². The molecule has 3 nitrogen and oxygen atoms in total. The highest BCUT2D eigenvalue weighted by molar-refractivity contribution is 5.94. The number of fused-ring (bicyclic) bond motifs is 1. The zero-order valence-electron chi connectivity index (χ0n) is 12.7. The maximum atomic E-state index is 12.2. The molecule has 110 valence electrons. The number of benzene rings is 1. The van der Waals surface area contributed by atoms with Crippen molar-refractivity contribution in [3.05, 3.63) is 34.9 Å². The minimum atomic E-state index is -0.860. The Labute approximate surface area is 121 Å². The Bertz CT molecular complexity index is 494. The molecule has 1 aromatic rings. The van der Waals surface area contributed by atoms with Gasteiger partial charge in [0.25, 0.3) is 5.91 Å². The summed E-state index contributed by atoms with van der Waals surface area (Å²) in [7, 11) is 0. The summed E-state index contributed by atoms with van der Waals surface area (Å²) in [6.07, 6.45) is 4.27. The van der Waals surface area contributed by atoms with Crippen LogP contribution >= 0.6 is 0 Å². The van der Waals surface area contributed by atoms with E-state index >= 15 is 0 Å². The highest BCUT2D eigenvalue weighted by Gasteiger charge is 2.27. The number of aryl methyl sites for hydroxylation is 2. The quantitative estimate of drug-likeness (QED) is 0.868. The van der Waals surface area contributed by atoms with Crippen LogP contribution in [0.5, 0.6) is 0 Å². The van der Waals surface area contributed by atoms with E-state index in [4.69, 9.17) is 0 Å². The molecule has 20 heavy (non-hydrogen) atoms. The van der Waals surface area contributed by atoms with E-state index < -0.39 is 5.60 Å². The van der Waals surface area contributed by atoms with Crippen LogP contribution in [0.3, 0.4) is 0 Å². The van der Waals surface area contributed by atoms with E-state index in [1.807, 2.05) is 26.0 Å². The molecule has 1 amide bonds. The molecule has 0 saturated heterocycles. The molecule has 0 bridgehead atoms. The van der Waals surface area contributed by atoms with Gasteiger partial charge in [-0.05, 0) is 55.4 Å². The van der Waals surface area contributed by atoms with E-state index in [-0.39, 0.29) is 18.4 Å². The van der Waals surface area contributed by atoms with Crippen molar-refractivity contribution in [3.63, 3.8) is 0 Å². The molecule has 0 heterocycles. The van der Waals surface area contributed by atoms with Gasteiger partial charge in [-0.25, -0.2) is 0 Å². The molecule has 0 spiro atoms. The molecule has 2 unspecified atom stereocenters. The van der Waals surface area contributed by atoms with Gasteiger partial charge >= 0.3 is 0 Å². The molecule has 3 heteroatoms. The van der Waals surface area contributed by atoms with Crippen molar-refractivity contribution in [2.45, 2.75) is 52.1 Å². The van der Waals surface area contributed by atoms with Crippen LogP contribution in [0.25, 0.3) is 0 Å². The highest BCUT2D eigenvalue weighted by atomic mass is 16.3. The number of hydrogen-bond donors (Lipinski definition) is 2. The third kappa shape index (κ3) is 3.21. The predicted molar refractivity (Wildman–Crippen MR) is 80.9 cm³/mol. The summed E-state index contributed by atoms with van der Waals surface area (Å²) in [5, 5.41) is 13.2. The molecule has 0 fully saturated rings. The second-order valence-electron chi connectivity index (χ2n) is 6.19. The van der Waals surface area contributed by atoms with Gasteiger partial charge in [0.15, 0.2) is 0 Å². The van der Waals surface area contributed by atoms with Crippen molar-refractivity contribution >= 4 is 5.91 Å². The molecule has 0 saturated carbocycles. The molecule has 1 aromatic carbocycles. The molecule has 2 rings (SSSR count). The summed E-state index contributed by atoms with van der Waals surface area (Å²) in [5.74, 6) is 0.0612. The largest absolute Gasteiger partial charge is 0.388 e. The molecule has 0 radical (unpaired) electrons. The fraction of sp³-hybridized carbons (Fsp3) is 0.588. The van der Waals surface area contributed by atoms with E-state index in [0.717, 1.165) is 19.3 Å². The van der Waals surface area contributed by atoms with Crippen molar-refractivity contribution in [1.29, 1.82) is 0 Å². The lowest BCUT2D eigenvalue weighted by atomic mass is 9.88. The van der Waals surface area contributed by atoms with Gasteiger partial charge in [-0.1, -0.05) is 26.3 Å². The van der Waals surface area contributed by atoms with Gasteiger partial charge < -0.3 is 10.4 Å². The summed E-state index contributed by atoms with van der Waals surface area (Å²) in [4.78, 5) is 12.2. The number of carbonyl (C=O) groups is 1. The Balaban J connectivity index is 1.99. The summed E-state index contributed by atoms with van der Waals surface area (Å²) in [5.41, 5.74) is 2.51. The third-order valence-corrected chi connectivity index (χ3v) is 4.64. The molecule has 0 aliphatic heterocycles. The summed E-state index contributed by atoms with van der Waals surface area (Å²) < 4.78 is 0. The molecule has 1 aliphatic carbocycles. The lowest BCUT2D eigenvalue weighted by Gasteiger charge is -2.29. The highest BCUT2D eigenvalue weighted by Crippen LogP contribution is 2.23. The van der Waals surface area contributed by atoms with E-state index in [2.05, 4.69) is 11.4 Å². The molecule has 2 atom stereocenters. The fourth-order valence-corrected chi connectivity index (χ4v) is 2.69. The second-order valence-corrected chi connectivity index (χ2v) is 6.19. The van der Waals surface area contributed by atoms with Crippen molar-refractivity contribution in [1.82, 2.24) is 5.32 Å². The zero-order valence-corrected chi connectivity index (χ0v) is 12.7. The first-order valence-corrected chi connectivity index (χ1v) is 7.56. The molecule has 0 aromatic heterocycles. The van der Waals surface area contributed by atoms with Gasteiger partial charge in [-0.3, -0.25) is 4.79 Å². The van der Waals surface area contributed by atoms with E-state index in [1.54, 1.807) is 6.92 Å². The molecule has 2 N–H and O–H groups in total. The predicted octanol–water partition coefficient (Wildman–Crippen LogP) is 2.70. The number of carbonyl (C=O) groups excluding carboxylic acids is 1. The number of rotatable bonds is 5. The smallest absolute Gasteiger partial charge is 0.251 e. The lowest BCUT2D eigenvalue weighted by Crippen LogP contribution is -2.45. The van der Waals surface area contributed by atoms with Gasteiger partial charge in [0, 0.05) is 12.1 Å². The first-order chi connectivity index (χ1) is 9.44. The van der Waals surface area contributed by atoms with E-state index in [1.165, 1.54) is 17.5 Å². The summed E-state index contributed by atoms with van der Waals surface area (Å²) >= 11 is 0. The Kier molecular flexibility index (Phi) is 4.48. The van der Waals surface area contributed by atoms with Crippen molar-refractivity contribution in [2.75, 3.05) is 6.54 Å². The minimum absolute atomic E-state index is 0.0942. The fourth-order valence-electron chi connectivity index (χ4n) is 2.69. The van der Waals surface area contributed by atoms with Crippen LogP contribution in [0.4, 0.5) is 0 Å². The number of amides is 1. The maximum Gasteiger partial charge on any atom is 0.251 e. The van der Waals surface area contributed by atoms with Gasteiger partial charge in [-0.15, -0.1) is 0 Å². The average molecular weight is 275 g/mol. The Morgan fingerprint density at radius 2 is 2.10 bits per heavy atom. The number of hydrogen-bond acceptors (Lipinski definition) is 2. The molecular weight excluding hydrogens is 250 g/mol. The first-order valence-electron chi connectivity index (χ1n) is 7.56. The first kappa shape index (κ1) is 15.0. The lowest BCUT2D eigenvalue weighted by molar-refractivity contribution is 0.00592. The third-order valence-electron chi connectivity index (χ3n) is 4.64. The van der Waals surface area contributed by atoms with Crippen LogP contribution in [0.15, 0.2) is 18.2 Å². The number of nitrogens with one attached hydrogen (secondary N) is 1. The SMILES string of the molecule is CCC(C)C(C)(O)CNC(=O)c1ccc2c(c1)CCC2. The van der Waals surface area contributed by atoms with Crippen LogP contribution in [-0.2, 0) is 12.8 Å². The van der Waals surface area contributed by atoms with E-state index in [0.29, 0.717) is 5.56 Å². The number of aliphatic hydroxyl groups is 1. The minimum Gasteiger partial charge on any atom is -0.388 e. The normalized spacial score (nSPS) is 18.2. The van der Waals surface area contributed by atoms with Crippen LogP contribution in [0, 0.1) is 5.92 Å². The molecular formula is C17H25NO2. The Morgan fingerprint density at radius 1 is 1.40 bits per heavy atom. The standard InChI is InChI=1S/C17H25NO2/c1-4-12(2)17(3,20)11-18-16(19)15-9-8-13-6-5-7-14(13)10-15/h8-10,12,20H,4-7,11H2,1-3H3,(H,18,19). The Morgan fingerprint density at radius 3 is 2.80 bits per heavy atom. The van der Waals surface area contributed by atoms with Crippen LogP contribution < -0.4 is 5.32 Å². The molecule has 1 aliphatic rings. The maximum absolute atomic E-state index is 12.2. The van der Waals surface area contributed by atoms with Crippen LogP contribution in [0.1, 0.15) is 55.1 Å². The Hall–Kier alpha value is -1.35.